The smallest absolute Gasteiger partial charge is 0.172 e. The van der Waals surface area contributed by atoms with E-state index >= 15 is 0 Å². The van der Waals surface area contributed by atoms with Gasteiger partial charge in [-0.25, -0.2) is 4.63 Å². The Hall–Kier alpha value is -4.14. The second kappa shape index (κ2) is 33.1. The number of hydrogen-bond acceptors (Lipinski definition) is 7. The quantitative estimate of drug-likeness (QED) is 0.0358. The highest BCUT2D eigenvalue weighted by molar-refractivity contribution is 7.19. The van der Waals surface area contributed by atoms with Crippen molar-refractivity contribution in [2.75, 3.05) is 13.2 Å². The Morgan fingerprint density at radius 3 is 1.47 bits per heavy atom. The van der Waals surface area contributed by atoms with Crippen molar-refractivity contribution >= 4 is 55.5 Å². The largest absolute Gasteiger partial charge is 0.489 e. The van der Waals surface area contributed by atoms with Gasteiger partial charge in [0.2, 0.25) is 0 Å². The molecule has 0 fully saturated rings. The summed E-state index contributed by atoms with van der Waals surface area (Å²) in [5.74, 6) is 2.23. The molecule has 0 bridgehead atoms. The molecule has 0 aliphatic heterocycles. The predicted octanol–water partition coefficient (Wildman–Crippen LogP) is 22.4. The van der Waals surface area contributed by atoms with Crippen LogP contribution in [-0.2, 0) is 6.54 Å². The minimum atomic E-state index is 0.622. The molecule has 0 radical (unpaired) electrons. The SMILES string of the molecule is CCCCCCCCCCCCOc1c(OCCCCCCCCCCCC)c(-c2ccc(-c3ccc4c5ccccc5n(CC(CCCCCC)CCCCCCCC)c4c3)s2)c2nonc2c1-c1cccs1. The van der Waals surface area contributed by atoms with Gasteiger partial charge in [-0.3, -0.25) is 0 Å². The van der Waals surface area contributed by atoms with Gasteiger partial charge in [0.15, 0.2) is 11.5 Å². The molecule has 8 heteroatoms. The average molecular weight is 1040 g/mol. The van der Waals surface area contributed by atoms with Crippen molar-refractivity contribution in [1.29, 1.82) is 0 Å². The molecule has 0 amide bonds. The lowest BCUT2D eigenvalue weighted by atomic mass is 9.94. The number of fused-ring (bicyclic) bond motifs is 4. The fourth-order valence-electron chi connectivity index (χ4n) is 11.3. The molecule has 4 aromatic heterocycles. The molecule has 4 heterocycles. The summed E-state index contributed by atoms with van der Waals surface area (Å²) >= 11 is 3.51. The molecular weight excluding hydrogens is 947 g/mol. The maximum atomic E-state index is 7.09. The summed E-state index contributed by atoms with van der Waals surface area (Å²) < 4.78 is 22.5. The standard InChI is InChI=1S/C66H95N3O3S2/c1-5-9-13-17-20-22-24-26-29-35-47-70-65-61(59-42-37-49-73-59)63-64(68-72-67-63)62(66(65)71-48-36-30-27-25-23-21-18-14-10-6-2)60-46-45-58(74-60)53-43-44-55-54-40-33-34-41-56(54)69(57(55)50-53)51-52(38-31-16-12-8-4)39-32-28-19-15-11-7-3/h33-34,37,40-46,49-50,52H,5-32,35-36,38-39,47-48,51H2,1-4H3. The Kier molecular flexibility index (Phi) is 25.8. The van der Waals surface area contributed by atoms with Crippen molar-refractivity contribution in [3.8, 4) is 42.8 Å². The van der Waals surface area contributed by atoms with Gasteiger partial charge in [0.05, 0.1) is 24.3 Å². The number of benzene rings is 3. The lowest BCUT2D eigenvalue weighted by molar-refractivity contribution is 0.260. The molecule has 0 spiro atoms. The molecule has 6 nitrogen and oxygen atoms in total. The number of nitrogens with zero attached hydrogens (tertiary/aromatic N) is 3. The van der Waals surface area contributed by atoms with Crippen LogP contribution >= 0.6 is 22.7 Å². The average Bonchev–Trinajstić information content (AvgIpc) is 4.28. The van der Waals surface area contributed by atoms with Gasteiger partial charge in [0, 0.05) is 43.0 Å². The highest BCUT2D eigenvalue weighted by Crippen LogP contribution is 2.53. The van der Waals surface area contributed by atoms with Gasteiger partial charge in [0.1, 0.15) is 11.0 Å². The molecule has 1 unspecified atom stereocenters. The fourth-order valence-corrected chi connectivity index (χ4v) is 13.1. The third-order valence-electron chi connectivity index (χ3n) is 15.7. The zero-order valence-electron chi connectivity index (χ0n) is 46.6. The second-order valence-electron chi connectivity index (χ2n) is 21.7. The van der Waals surface area contributed by atoms with E-state index in [1.165, 1.54) is 212 Å². The van der Waals surface area contributed by atoms with Crippen LogP contribution in [0, 0.1) is 5.92 Å². The molecule has 7 aromatic rings. The van der Waals surface area contributed by atoms with Crippen molar-refractivity contribution in [3.63, 3.8) is 0 Å². The van der Waals surface area contributed by atoms with Gasteiger partial charge in [0.25, 0.3) is 0 Å². The van der Waals surface area contributed by atoms with Crippen LogP contribution in [0.3, 0.4) is 0 Å². The first-order valence-corrected chi connectivity index (χ1v) is 32.1. The zero-order valence-corrected chi connectivity index (χ0v) is 48.3. The van der Waals surface area contributed by atoms with Crippen LogP contribution in [0.5, 0.6) is 11.5 Å². The fraction of sp³-hybridized carbons (Fsp3) is 0.606. The Morgan fingerprint density at radius 1 is 0.459 bits per heavy atom. The number of rotatable bonds is 41. The van der Waals surface area contributed by atoms with Gasteiger partial charge in [-0.05, 0) is 83.2 Å². The van der Waals surface area contributed by atoms with E-state index in [1.807, 2.05) is 11.3 Å². The number of para-hydroxylation sites is 1. The molecule has 0 saturated heterocycles. The van der Waals surface area contributed by atoms with Gasteiger partial charge in [-0.2, -0.15) is 0 Å². The number of unbranched alkanes of at least 4 members (excludes halogenated alkanes) is 26. The van der Waals surface area contributed by atoms with E-state index in [9.17, 15) is 0 Å². The lowest BCUT2D eigenvalue weighted by Crippen LogP contribution is -2.11. The Labute approximate surface area is 455 Å². The monoisotopic (exact) mass is 1040 g/mol. The van der Waals surface area contributed by atoms with Crippen LogP contribution in [0.25, 0.3) is 64.2 Å². The molecular formula is C66H95N3O3S2. The third-order valence-corrected chi connectivity index (χ3v) is 17.7. The first kappa shape index (κ1) is 57.6. The number of thiophene rings is 2. The summed E-state index contributed by atoms with van der Waals surface area (Å²) in [5.41, 5.74) is 7.26. The highest BCUT2D eigenvalue weighted by Gasteiger charge is 2.29. The van der Waals surface area contributed by atoms with E-state index in [2.05, 4.69) is 115 Å². The summed E-state index contributed by atoms with van der Waals surface area (Å²) in [6.07, 6.45) is 41.6. The van der Waals surface area contributed by atoms with Crippen LogP contribution in [-0.4, -0.2) is 28.1 Å². The highest BCUT2D eigenvalue weighted by atomic mass is 32.1. The summed E-state index contributed by atoms with van der Waals surface area (Å²) in [7, 11) is 0. The molecule has 7 rings (SSSR count). The number of ether oxygens (including phenoxy) is 2. The summed E-state index contributed by atoms with van der Waals surface area (Å²) in [4.78, 5) is 3.40. The van der Waals surface area contributed by atoms with Gasteiger partial charge in [-0.1, -0.05) is 244 Å². The van der Waals surface area contributed by atoms with Crippen LogP contribution in [0.4, 0.5) is 0 Å². The Bertz CT molecular complexity index is 2600. The van der Waals surface area contributed by atoms with Crippen molar-refractivity contribution < 1.29 is 14.1 Å². The molecule has 0 saturated carbocycles. The van der Waals surface area contributed by atoms with E-state index in [4.69, 9.17) is 14.1 Å². The van der Waals surface area contributed by atoms with Gasteiger partial charge in [-0.15, -0.1) is 22.7 Å². The van der Waals surface area contributed by atoms with E-state index in [1.54, 1.807) is 11.3 Å². The first-order valence-electron chi connectivity index (χ1n) is 30.4. The van der Waals surface area contributed by atoms with Gasteiger partial charge >= 0.3 is 0 Å². The summed E-state index contributed by atoms with van der Waals surface area (Å²) in [6.45, 7) is 11.5. The topological polar surface area (TPSA) is 62.3 Å². The van der Waals surface area contributed by atoms with E-state index in [0.29, 0.717) is 19.1 Å². The van der Waals surface area contributed by atoms with E-state index < -0.39 is 0 Å². The molecule has 0 N–H and O–H groups in total. The number of hydrogen-bond donors (Lipinski definition) is 0. The van der Waals surface area contributed by atoms with E-state index in [0.717, 1.165) is 75.6 Å². The minimum absolute atomic E-state index is 0.622. The van der Waals surface area contributed by atoms with Crippen molar-refractivity contribution in [2.24, 2.45) is 5.92 Å². The Balaban J connectivity index is 1.18. The second-order valence-corrected chi connectivity index (χ2v) is 23.7. The van der Waals surface area contributed by atoms with Crippen LogP contribution < -0.4 is 9.47 Å². The van der Waals surface area contributed by atoms with Crippen LogP contribution in [0.15, 0.2) is 76.7 Å². The molecule has 74 heavy (non-hydrogen) atoms. The molecule has 0 aliphatic rings. The van der Waals surface area contributed by atoms with Crippen LogP contribution in [0.2, 0.25) is 0 Å². The summed E-state index contributed by atoms with van der Waals surface area (Å²) in [6, 6.07) is 25.1. The normalized spacial score (nSPS) is 12.3. The molecule has 0 aliphatic carbocycles. The van der Waals surface area contributed by atoms with Crippen molar-refractivity contribution in [2.45, 2.75) is 240 Å². The lowest BCUT2D eigenvalue weighted by Gasteiger charge is -2.20. The number of aromatic nitrogens is 3. The Morgan fingerprint density at radius 2 is 0.932 bits per heavy atom. The maximum absolute atomic E-state index is 7.09. The molecule has 404 valence electrons. The molecule has 1 atom stereocenters. The van der Waals surface area contributed by atoms with Gasteiger partial charge < -0.3 is 14.0 Å². The van der Waals surface area contributed by atoms with Crippen LogP contribution in [0.1, 0.15) is 233 Å². The zero-order chi connectivity index (χ0) is 51.4. The third kappa shape index (κ3) is 16.9. The summed E-state index contributed by atoms with van der Waals surface area (Å²) in [5, 5.41) is 14.1. The predicted molar refractivity (Wildman–Crippen MR) is 322 cm³/mol. The first-order chi connectivity index (χ1) is 36.7. The molecule has 3 aromatic carbocycles. The van der Waals surface area contributed by atoms with E-state index in [-0.39, 0.29) is 0 Å². The van der Waals surface area contributed by atoms with Crippen molar-refractivity contribution in [1.82, 2.24) is 14.9 Å². The van der Waals surface area contributed by atoms with Crippen molar-refractivity contribution in [3.05, 3.63) is 72.1 Å². The minimum Gasteiger partial charge on any atom is -0.489 e. The maximum Gasteiger partial charge on any atom is 0.172 e.